The van der Waals surface area contributed by atoms with Gasteiger partial charge in [0.25, 0.3) is 0 Å². The second-order valence-corrected chi connectivity index (χ2v) is 8.35. The third-order valence-corrected chi connectivity index (χ3v) is 5.92. The van der Waals surface area contributed by atoms with Crippen molar-refractivity contribution in [2.75, 3.05) is 18.0 Å². The highest BCUT2D eigenvalue weighted by molar-refractivity contribution is 5.82. The van der Waals surface area contributed by atoms with E-state index in [2.05, 4.69) is 79.9 Å². The molecule has 0 fully saturated rings. The molecule has 0 aromatic heterocycles. The number of hydrogen-bond acceptors (Lipinski definition) is 1. The van der Waals surface area contributed by atoms with E-state index in [-0.39, 0.29) is 0 Å². The maximum atomic E-state index is 2.54. The van der Waals surface area contributed by atoms with Gasteiger partial charge in [0.2, 0.25) is 6.34 Å². The zero-order valence-electron chi connectivity index (χ0n) is 19.0. The molecule has 1 aliphatic rings. The second-order valence-electron chi connectivity index (χ2n) is 8.35. The summed E-state index contributed by atoms with van der Waals surface area (Å²) >= 11 is 0. The minimum Gasteiger partial charge on any atom is -0.229 e. The molecule has 0 bridgehead atoms. The monoisotopic (exact) mass is 391 g/mol. The standard InChI is InChI=1S/C27H39N2/c1-5-11-22-15-9-16-23(12-6-2)26(22)28-19-20-29(21-28)27-24(13-7-3)17-10-18-25(27)14-8-4/h9-10,15-18,21H,5-8,11-14,19-20H2,1-4H3/q+1. The number of para-hydroxylation sites is 2. The Morgan fingerprint density at radius 2 is 1.14 bits per heavy atom. The number of anilines is 1. The van der Waals surface area contributed by atoms with Crippen LogP contribution in [0.3, 0.4) is 0 Å². The molecule has 2 nitrogen and oxygen atoms in total. The zero-order valence-corrected chi connectivity index (χ0v) is 19.0. The number of rotatable bonds is 10. The van der Waals surface area contributed by atoms with Gasteiger partial charge >= 0.3 is 0 Å². The van der Waals surface area contributed by atoms with Crippen LogP contribution in [0, 0.1) is 0 Å². The van der Waals surface area contributed by atoms with Crippen molar-refractivity contribution in [3.8, 4) is 0 Å². The maximum Gasteiger partial charge on any atom is 0.244 e. The lowest BCUT2D eigenvalue weighted by Gasteiger charge is -2.16. The summed E-state index contributed by atoms with van der Waals surface area (Å²) in [5.41, 5.74) is 8.98. The number of nitrogens with zero attached hydrogens (tertiary/aromatic N) is 2. The van der Waals surface area contributed by atoms with Gasteiger partial charge in [-0.05, 0) is 47.9 Å². The Morgan fingerprint density at radius 1 is 0.690 bits per heavy atom. The normalized spacial score (nSPS) is 13.8. The lowest BCUT2D eigenvalue weighted by atomic mass is 9.99. The molecular weight excluding hydrogens is 352 g/mol. The third kappa shape index (κ3) is 4.91. The van der Waals surface area contributed by atoms with Crippen LogP contribution in [0.2, 0.25) is 0 Å². The summed E-state index contributed by atoms with van der Waals surface area (Å²) < 4.78 is 2.54. The Balaban J connectivity index is 2.04. The van der Waals surface area contributed by atoms with E-state index < -0.39 is 0 Å². The molecular formula is C27H39N2+. The predicted octanol–water partition coefficient (Wildman–Crippen LogP) is 6.69. The molecule has 1 heterocycles. The van der Waals surface area contributed by atoms with E-state index in [0.29, 0.717) is 0 Å². The van der Waals surface area contributed by atoms with Gasteiger partial charge in [0.15, 0.2) is 0 Å². The number of aryl methyl sites for hydroxylation is 4. The first-order valence-electron chi connectivity index (χ1n) is 11.8. The van der Waals surface area contributed by atoms with Gasteiger partial charge in [0.05, 0.1) is 0 Å². The first-order valence-corrected chi connectivity index (χ1v) is 11.8. The Morgan fingerprint density at radius 3 is 1.62 bits per heavy atom. The fourth-order valence-corrected chi connectivity index (χ4v) is 4.75. The molecule has 0 aliphatic carbocycles. The molecule has 156 valence electrons. The maximum absolute atomic E-state index is 2.54. The minimum absolute atomic E-state index is 1.07. The van der Waals surface area contributed by atoms with Crippen molar-refractivity contribution in [3.05, 3.63) is 58.7 Å². The predicted molar refractivity (Wildman–Crippen MR) is 127 cm³/mol. The molecule has 0 saturated carbocycles. The van der Waals surface area contributed by atoms with E-state index >= 15 is 0 Å². The molecule has 2 aromatic rings. The minimum atomic E-state index is 1.07. The summed E-state index contributed by atoms with van der Waals surface area (Å²) in [6, 6.07) is 13.8. The highest BCUT2D eigenvalue weighted by Gasteiger charge is 2.28. The fraction of sp³-hybridized carbons (Fsp3) is 0.519. The summed E-state index contributed by atoms with van der Waals surface area (Å²) in [6.07, 6.45) is 11.8. The lowest BCUT2D eigenvalue weighted by Crippen LogP contribution is -2.21. The van der Waals surface area contributed by atoms with Crippen LogP contribution >= 0.6 is 0 Å². The second kappa shape index (κ2) is 10.6. The summed E-state index contributed by atoms with van der Waals surface area (Å²) in [6.45, 7) is 11.3. The van der Waals surface area contributed by atoms with E-state index in [1.807, 2.05) is 0 Å². The molecule has 0 unspecified atom stereocenters. The van der Waals surface area contributed by atoms with Crippen molar-refractivity contribution < 1.29 is 4.58 Å². The van der Waals surface area contributed by atoms with E-state index in [1.165, 1.54) is 59.3 Å². The number of hydrogen-bond donors (Lipinski definition) is 0. The molecule has 29 heavy (non-hydrogen) atoms. The van der Waals surface area contributed by atoms with Crippen LogP contribution < -0.4 is 4.90 Å². The average molecular weight is 392 g/mol. The van der Waals surface area contributed by atoms with E-state index in [1.54, 1.807) is 0 Å². The van der Waals surface area contributed by atoms with Crippen LogP contribution in [-0.2, 0) is 25.7 Å². The van der Waals surface area contributed by atoms with Crippen LogP contribution in [0.1, 0.15) is 75.6 Å². The Labute approximate surface area is 178 Å². The first-order chi connectivity index (χ1) is 14.2. The van der Waals surface area contributed by atoms with Crippen molar-refractivity contribution in [3.63, 3.8) is 0 Å². The van der Waals surface area contributed by atoms with Gasteiger partial charge < -0.3 is 0 Å². The molecule has 2 aromatic carbocycles. The quantitative estimate of drug-likeness (QED) is 0.409. The number of benzene rings is 2. The largest absolute Gasteiger partial charge is 0.244 e. The molecule has 3 rings (SSSR count). The van der Waals surface area contributed by atoms with Gasteiger partial charge in [-0.25, -0.2) is 9.48 Å². The van der Waals surface area contributed by atoms with Crippen LogP contribution in [-0.4, -0.2) is 24.0 Å². The first kappa shape index (κ1) is 21.6. The molecule has 1 aliphatic heterocycles. The summed E-state index contributed by atoms with van der Waals surface area (Å²) in [5.74, 6) is 0. The summed E-state index contributed by atoms with van der Waals surface area (Å²) in [4.78, 5) is 2.54. The van der Waals surface area contributed by atoms with Gasteiger partial charge in [0.1, 0.15) is 24.5 Å². The molecule has 0 saturated heterocycles. The van der Waals surface area contributed by atoms with Crippen LogP contribution in [0.4, 0.5) is 11.4 Å². The van der Waals surface area contributed by atoms with Crippen LogP contribution in [0.25, 0.3) is 0 Å². The van der Waals surface area contributed by atoms with Gasteiger partial charge in [-0.3, -0.25) is 0 Å². The molecule has 0 atom stereocenters. The van der Waals surface area contributed by atoms with Crippen LogP contribution in [0.5, 0.6) is 0 Å². The smallest absolute Gasteiger partial charge is 0.229 e. The van der Waals surface area contributed by atoms with Crippen molar-refractivity contribution in [1.29, 1.82) is 0 Å². The SMILES string of the molecule is CCCc1cccc(CCC)c1N1C=[N+](c2c(CCC)cccc2CCC)CC1. The van der Waals surface area contributed by atoms with Gasteiger partial charge in [-0.2, -0.15) is 0 Å². The van der Waals surface area contributed by atoms with Crippen molar-refractivity contribution in [2.24, 2.45) is 0 Å². The van der Waals surface area contributed by atoms with Crippen molar-refractivity contribution in [2.45, 2.75) is 79.1 Å². The lowest BCUT2D eigenvalue weighted by molar-refractivity contribution is -0.425. The molecule has 0 amide bonds. The molecule has 0 spiro atoms. The molecule has 2 heteroatoms. The van der Waals surface area contributed by atoms with E-state index in [9.17, 15) is 0 Å². The van der Waals surface area contributed by atoms with Crippen molar-refractivity contribution in [1.82, 2.24) is 0 Å². The summed E-state index contributed by atoms with van der Waals surface area (Å²) in [5, 5.41) is 0. The Bertz CT molecular complexity index is 786. The summed E-state index contributed by atoms with van der Waals surface area (Å²) in [7, 11) is 0. The van der Waals surface area contributed by atoms with Gasteiger partial charge in [0, 0.05) is 0 Å². The zero-order chi connectivity index (χ0) is 20.6. The molecule has 0 radical (unpaired) electrons. The topological polar surface area (TPSA) is 6.25 Å². The van der Waals surface area contributed by atoms with E-state index in [4.69, 9.17) is 0 Å². The fourth-order valence-electron chi connectivity index (χ4n) is 4.75. The average Bonchev–Trinajstić information content (AvgIpc) is 3.19. The van der Waals surface area contributed by atoms with Crippen LogP contribution in [0.15, 0.2) is 36.4 Å². The third-order valence-electron chi connectivity index (χ3n) is 5.92. The molecule has 0 N–H and O–H groups in total. The highest BCUT2D eigenvalue weighted by atomic mass is 15.3. The Hall–Kier alpha value is -2.09. The Kier molecular flexibility index (Phi) is 7.91. The highest BCUT2D eigenvalue weighted by Crippen LogP contribution is 2.32. The van der Waals surface area contributed by atoms with Crippen molar-refractivity contribution >= 4 is 17.7 Å². The van der Waals surface area contributed by atoms with Gasteiger partial charge in [-0.1, -0.05) is 89.8 Å². The van der Waals surface area contributed by atoms with E-state index in [0.717, 1.165) is 38.8 Å². The van der Waals surface area contributed by atoms with Gasteiger partial charge in [-0.15, -0.1) is 0 Å².